The van der Waals surface area contributed by atoms with E-state index >= 15 is 0 Å². The van der Waals surface area contributed by atoms with Crippen molar-refractivity contribution in [3.63, 3.8) is 0 Å². The molecule has 0 aromatic heterocycles. The van der Waals surface area contributed by atoms with Gasteiger partial charge in [0.15, 0.2) is 0 Å². The molecular formula is C22H27Cl3O2. The van der Waals surface area contributed by atoms with Gasteiger partial charge in [-0.25, -0.2) is 0 Å². The van der Waals surface area contributed by atoms with E-state index in [1.165, 1.54) is 0 Å². The zero-order chi connectivity index (χ0) is 20.5. The highest BCUT2D eigenvalue weighted by molar-refractivity contribution is 6.68. The molecule has 0 aliphatic rings. The molecule has 0 radical (unpaired) electrons. The molecule has 0 amide bonds. The molecular weight excluding hydrogens is 403 g/mol. The van der Waals surface area contributed by atoms with Crippen LogP contribution >= 0.6 is 34.8 Å². The third-order valence-electron chi connectivity index (χ3n) is 3.60. The summed E-state index contributed by atoms with van der Waals surface area (Å²) in [6, 6.07) is 15.4. The third kappa shape index (κ3) is 7.10. The number of alkyl halides is 3. The van der Waals surface area contributed by atoms with Gasteiger partial charge >= 0.3 is 0 Å². The van der Waals surface area contributed by atoms with Crippen LogP contribution in [0.2, 0.25) is 0 Å². The minimum Gasteiger partial charge on any atom is -0.488 e. The van der Waals surface area contributed by atoms with E-state index in [2.05, 4.69) is 0 Å². The standard InChI is InChI=1S/C22H27Cl3O2/c1-20(2,3)26-17-11-7-15(8-12-17)19(22(23,24)25)16-9-13-18(14-10-16)27-21(4,5)6/h7-14,19H,1-6H3. The Morgan fingerprint density at radius 2 is 0.889 bits per heavy atom. The van der Waals surface area contributed by atoms with Crippen LogP contribution in [0.1, 0.15) is 58.6 Å². The summed E-state index contributed by atoms with van der Waals surface area (Å²) in [6.07, 6.45) is 0. The first-order chi connectivity index (χ1) is 12.2. The monoisotopic (exact) mass is 428 g/mol. The van der Waals surface area contributed by atoms with Gasteiger partial charge in [-0.15, -0.1) is 0 Å². The molecule has 0 bridgehead atoms. The van der Waals surface area contributed by atoms with Crippen molar-refractivity contribution in [2.75, 3.05) is 0 Å². The zero-order valence-corrected chi connectivity index (χ0v) is 18.9. The lowest BCUT2D eigenvalue weighted by atomic mass is 9.92. The van der Waals surface area contributed by atoms with E-state index in [1.807, 2.05) is 90.1 Å². The molecule has 2 aromatic rings. The van der Waals surface area contributed by atoms with Crippen molar-refractivity contribution in [1.29, 1.82) is 0 Å². The van der Waals surface area contributed by atoms with E-state index in [0.29, 0.717) is 0 Å². The van der Waals surface area contributed by atoms with Gasteiger partial charge in [-0.05, 0) is 76.9 Å². The quantitative estimate of drug-likeness (QED) is 0.467. The van der Waals surface area contributed by atoms with Crippen molar-refractivity contribution in [2.24, 2.45) is 0 Å². The molecule has 0 fully saturated rings. The largest absolute Gasteiger partial charge is 0.488 e. The maximum absolute atomic E-state index is 6.33. The van der Waals surface area contributed by atoms with E-state index in [1.54, 1.807) is 0 Å². The average molecular weight is 430 g/mol. The summed E-state index contributed by atoms with van der Waals surface area (Å²) in [5, 5.41) is 0. The number of halogens is 3. The summed E-state index contributed by atoms with van der Waals surface area (Å²) in [4.78, 5) is 0. The summed E-state index contributed by atoms with van der Waals surface area (Å²) in [6.45, 7) is 12.0. The summed E-state index contributed by atoms with van der Waals surface area (Å²) < 4.78 is 10.3. The van der Waals surface area contributed by atoms with Gasteiger partial charge in [0.1, 0.15) is 22.7 Å². The van der Waals surface area contributed by atoms with Crippen molar-refractivity contribution in [3.05, 3.63) is 59.7 Å². The van der Waals surface area contributed by atoms with Crippen LogP contribution in [0.5, 0.6) is 11.5 Å². The Labute approximate surface area is 177 Å². The normalized spacial score (nSPS) is 13.0. The van der Waals surface area contributed by atoms with Crippen molar-refractivity contribution >= 4 is 34.8 Å². The molecule has 148 valence electrons. The van der Waals surface area contributed by atoms with Crippen LogP contribution in [0.3, 0.4) is 0 Å². The fourth-order valence-corrected chi connectivity index (χ4v) is 3.49. The molecule has 2 rings (SSSR count). The molecule has 0 atom stereocenters. The molecule has 2 aromatic carbocycles. The Morgan fingerprint density at radius 1 is 0.593 bits per heavy atom. The number of rotatable bonds is 4. The second kappa shape index (κ2) is 8.11. The third-order valence-corrected chi connectivity index (χ3v) is 4.26. The molecule has 0 saturated carbocycles. The Kier molecular flexibility index (Phi) is 6.67. The second-order valence-corrected chi connectivity index (χ2v) is 10.9. The summed E-state index contributed by atoms with van der Waals surface area (Å²) in [5.74, 6) is 1.15. The maximum Gasteiger partial charge on any atom is 0.201 e. The van der Waals surface area contributed by atoms with E-state index in [4.69, 9.17) is 44.3 Å². The van der Waals surface area contributed by atoms with Crippen LogP contribution in [0.4, 0.5) is 0 Å². The molecule has 0 aliphatic heterocycles. The van der Waals surface area contributed by atoms with E-state index in [9.17, 15) is 0 Å². The lowest BCUT2D eigenvalue weighted by Crippen LogP contribution is -2.23. The lowest BCUT2D eigenvalue weighted by Gasteiger charge is -2.27. The topological polar surface area (TPSA) is 18.5 Å². The van der Waals surface area contributed by atoms with Crippen molar-refractivity contribution in [1.82, 2.24) is 0 Å². The SMILES string of the molecule is CC(C)(C)Oc1ccc(C(c2ccc(OC(C)(C)C)cc2)C(Cl)(Cl)Cl)cc1. The summed E-state index contributed by atoms with van der Waals surface area (Å²) in [7, 11) is 0. The highest BCUT2D eigenvalue weighted by atomic mass is 35.6. The predicted octanol–water partition coefficient (Wildman–Crippen LogP) is 7.54. The maximum atomic E-state index is 6.33. The fourth-order valence-electron chi connectivity index (χ4n) is 2.73. The van der Waals surface area contributed by atoms with E-state index in [-0.39, 0.29) is 11.2 Å². The first-order valence-corrected chi connectivity index (χ1v) is 10.0. The number of hydrogen-bond donors (Lipinski definition) is 0. The minimum atomic E-state index is -1.49. The van der Waals surface area contributed by atoms with Gasteiger partial charge in [-0.1, -0.05) is 59.1 Å². The van der Waals surface area contributed by atoms with Crippen LogP contribution in [0, 0.1) is 0 Å². The Bertz CT molecular complexity index is 674. The Balaban J connectivity index is 2.31. The molecule has 0 spiro atoms. The second-order valence-electron chi connectivity index (χ2n) is 8.54. The van der Waals surface area contributed by atoms with Crippen molar-refractivity contribution in [3.8, 4) is 11.5 Å². The summed E-state index contributed by atoms with van der Waals surface area (Å²) in [5.41, 5.74) is 1.28. The summed E-state index contributed by atoms with van der Waals surface area (Å²) >= 11 is 19.0. The highest BCUT2D eigenvalue weighted by Crippen LogP contribution is 2.46. The molecule has 0 heterocycles. The van der Waals surface area contributed by atoms with Gasteiger partial charge in [-0.2, -0.15) is 0 Å². The van der Waals surface area contributed by atoms with Gasteiger partial charge in [0.25, 0.3) is 0 Å². The molecule has 2 nitrogen and oxygen atoms in total. The first-order valence-electron chi connectivity index (χ1n) is 8.89. The molecule has 0 N–H and O–H groups in total. The molecule has 0 aliphatic carbocycles. The van der Waals surface area contributed by atoms with Gasteiger partial charge < -0.3 is 9.47 Å². The molecule has 5 heteroatoms. The van der Waals surface area contributed by atoms with Crippen LogP contribution < -0.4 is 9.47 Å². The molecule has 0 saturated heterocycles. The van der Waals surface area contributed by atoms with Crippen LogP contribution in [0.25, 0.3) is 0 Å². The van der Waals surface area contributed by atoms with Crippen molar-refractivity contribution < 1.29 is 9.47 Å². The molecule has 27 heavy (non-hydrogen) atoms. The first kappa shape index (κ1) is 22.2. The number of ether oxygens (including phenoxy) is 2. The smallest absolute Gasteiger partial charge is 0.201 e. The van der Waals surface area contributed by atoms with Crippen LogP contribution in [-0.2, 0) is 0 Å². The predicted molar refractivity (Wildman–Crippen MR) is 116 cm³/mol. The van der Waals surface area contributed by atoms with Crippen molar-refractivity contribution in [2.45, 2.75) is 62.5 Å². The van der Waals surface area contributed by atoms with E-state index in [0.717, 1.165) is 22.6 Å². The lowest BCUT2D eigenvalue weighted by molar-refractivity contribution is 0.130. The van der Waals surface area contributed by atoms with Gasteiger partial charge in [0, 0.05) is 0 Å². The molecule has 0 unspecified atom stereocenters. The Hall–Kier alpha value is -1.09. The minimum absolute atomic E-state index is 0.265. The van der Waals surface area contributed by atoms with Crippen LogP contribution in [0.15, 0.2) is 48.5 Å². The van der Waals surface area contributed by atoms with E-state index < -0.39 is 9.71 Å². The number of benzene rings is 2. The van der Waals surface area contributed by atoms with Crippen LogP contribution in [-0.4, -0.2) is 15.0 Å². The average Bonchev–Trinajstić information content (AvgIpc) is 2.47. The fraction of sp³-hybridized carbons (Fsp3) is 0.455. The van der Waals surface area contributed by atoms with Gasteiger partial charge in [-0.3, -0.25) is 0 Å². The zero-order valence-electron chi connectivity index (χ0n) is 16.6. The number of hydrogen-bond acceptors (Lipinski definition) is 2. The Morgan fingerprint density at radius 3 is 1.11 bits per heavy atom. The highest BCUT2D eigenvalue weighted by Gasteiger charge is 2.35. The van der Waals surface area contributed by atoms with Gasteiger partial charge in [0.05, 0.1) is 5.92 Å². The van der Waals surface area contributed by atoms with Gasteiger partial charge in [0.2, 0.25) is 3.79 Å².